The number of hydrogen-bond acceptors (Lipinski definition) is 4. The first-order chi connectivity index (χ1) is 9.06. The number of pyridine rings is 1. The Morgan fingerprint density at radius 1 is 1.58 bits per heavy atom. The topological polar surface area (TPSA) is 91.8 Å². The molecule has 1 aromatic rings. The van der Waals surface area contributed by atoms with Crippen molar-refractivity contribution in [1.82, 2.24) is 10.3 Å². The molecule has 104 valence electrons. The van der Waals surface area contributed by atoms with E-state index in [1.54, 1.807) is 25.4 Å². The average Bonchev–Trinajstić information content (AvgIpc) is 2.43. The molecule has 0 radical (unpaired) electrons. The summed E-state index contributed by atoms with van der Waals surface area (Å²) >= 11 is 0. The summed E-state index contributed by atoms with van der Waals surface area (Å²) in [5.74, 6) is -1.09. The van der Waals surface area contributed by atoms with Gasteiger partial charge in [0.05, 0.1) is 11.9 Å². The number of nitrogens with zero attached hydrogens (tertiary/aromatic N) is 2. The van der Waals surface area contributed by atoms with Crippen LogP contribution < -0.4 is 10.2 Å². The largest absolute Gasteiger partial charge is 0.480 e. The van der Waals surface area contributed by atoms with Crippen molar-refractivity contribution in [2.45, 2.75) is 12.5 Å². The molecular formula is C12H17N3O4. The monoisotopic (exact) mass is 267 g/mol. The molecule has 1 heterocycles. The second kappa shape index (κ2) is 7.32. The highest BCUT2D eigenvalue weighted by Gasteiger charge is 2.21. The Morgan fingerprint density at radius 2 is 2.32 bits per heavy atom. The molecule has 0 saturated carbocycles. The van der Waals surface area contributed by atoms with Crippen molar-refractivity contribution < 1.29 is 19.4 Å². The highest BCUT2D eigenvalue weighted by Crippen LogP contribution is 2.09. The van der Waals surface area contributed by atoms with Gasteiger partial charge in [0.15, 0.2) is 0 Å². The Bertz CT molecular complexity index is 424. The van der Waals surface area contributed by atoms with Crippen LogP contribution in [0, 0.1) is 0 Å². The molecule has 1 unspecified atom stereocenters. The van der Waals surface area contributed by atoms with Gasteiger partial charge < -0.3 is 15.2 Å². The Kier molecular flexibility index (Phi) is 5.74. The first kappa shape index (κ1) is 14.9. The summed E-state index contributed by atoms with van der Waals surface area (Å²) in [5.41, 5.74) is 0.580. The molecule has 1 rings (SSSR count). The highest BCUT2D eigenvalue weighted by atomic mass is 16.5. The van der Waals surface area contributed by atoms with E-state index in [2.05, 4.69) is 10.3 Å². The zero-order valence-corrected chi connectivity index (χ0v) is 10.9. The number of rotatable bonds is 6. The first-order valence-electron chi connectivity index (χ1n) is 5.72. The minimum absolute atomic E-state index is 0.207. The summed E-state index contributed by atoms with van der Waals surface area (Å²) in [6.07, 6.45) is 3.32. The number of aromatic nitrogens is 1. The summed E-state index contributed by atoms with van der Waals surface area (Å²) in [6.45, 7) is 0.258. The standard InChI is InChI=1S/C12H17N3O4/c1-15(9-4-3-6-13-8-9)12(18)14-10(11(16)17)5-7-19-2/h3-4,6,8,10H,5,7H2,1-2H3,(H,14,18)(H,16,17). The number of carboxylic acids is 1. The number of hydrogen-bond donors (Lipinski definition) is 2. The molecule has 0 fully saturated rings. The molecule has 0 saturated heterocycles. The quantitative estimate of drug-likeness (QED) is 0.792. The van der Waals surface area contributed by atoms with E-state index < -0.39 is 18.0 Å². The van der Waals surface area contributed by atoms with E-state index in [9.17, 15) is 9.59 Å². The number of carbonyl (C=O) groups is 2. The van der Waals surface area contributed by atoms with Gasteiger partial charge in [0.25, 0.3) is 0 Å². The molecule has 0 spiro atoms. The van der Waals surface area contributed by atoms with E-state index in [0.29, 0.717) is 5.69 Å². The van der Waals surface area contributed by atoms with Gasteiger partial charge in [-0.3, -0.25) is 9.88 Å². The highest BCUT2D eigenvalue weighted by molar-refractivity contribution is 5.93. The van der Waals surface area contributed by atoms with Crippen molar-refractivity contribution in [3.63, 3.8) is 0 Å². The third-order valence-corrected chi connectivity index (χ3v) is 2.54. The molecule has 0 aromatic carbocycles. The van der Waals surface area contributed by atoms with Crippen molar-refractivity contribution in [2.75, 3.05) is 25.7 Å². The van der Waals surface area contributed by atoms with Gasteiger partial charge in [-0.15, -0.1) is 0 Å². The molecule has 1 aromatic heterocycles. The maximum absolute atomic E-state index is 11.9. The fraction of sp³-hybridized carbons (Fsp3) is 0.417. The molecule has 2 N–H and O–H groups in total. The van der Waals surface area contributed by atoms with Crippen LogP contribution in [0.5, 0.6) is 0 Å². The van der Waals surface area contributed by atoms with Crippen molar-refractivity contribution in [2.24, 2.45) is 0 Å². The van der Waals surface area contributed by atoms with Gasteiger partial charge in [0.2, 0.25) is 0 Å². The van der Waals surface area contributed by atoms with Crippen LogP contribution in [0.15, 0.2) is 24.5 Å². The SMILES string of the molecule is COCCC(NC(=O)N(C)c1cccnc1)C(=O)O. The van der Waals surface area contributed by atoms with Gasteiger partial charge in [-0.1, -0.05) is 0 Å². The fourth-order valence-electron chi connectivity index (χ4n) is 1.41. The molecule has 0 bridgehead atoms. The smallest absolute Gasteiger partial charge is 0.326 e. The van der Waals surface area contributed by atoms with Crippen molar-refractivity contribution in [3.8, 4) is 0 Å². The molecule has 0 aliphatic carbocycles. The predicted octanol–water partition coefficient (Wildman–Crippen LogP) is 0.717. The summed E-state index contributed by atoms with van der Waals surface area (Å²) in [5, 5.41) is 11.4. The van der Waals surface area contributed by atoms with E-state index in [1.165, 1.54) is 18.2 Å². The van der Waals surface area contributed by atoms with Gasteiger partial charge in [-0.2, -0.15) is 0 Å². The molecular weight excluding hydrogens is 250 g/mol. The van der Waals surface area contributed by atoms with Gasteiger partial charge in [0, 0.05) is 33.4 Å². The molecule has 7 nitrogen and oxygen atoms in total. The number of amides is 2. The van der Waals surface area contributed by atoms with Gasteiger partial charge in [0.1, 0.15) is 6.04 Å². The minimum atomic E-state index is -1.09. The van der Waals surface area contributed by atoms with E-state index in [1.807, 2.05) is 0 Å². The van der Waals surface area contributed by atoms with E-state index in [4.69, 9.17) is 9.84 Å². The zero-order chi connectivity index (χ0) is 14.3. The first-order valence-corrected chi connectivity index (χ1v) is 5.72. The summed E-state index contributed by atoms with van der Waals surface area (Å²) in [7, 11) is 3.02. The van der Waals surface area contributed by atoms with Crippen LogP contribution >= 0.6 is 0 Å². The molecule has 0 aliphatic heterocycles. The maximum Gasteiger partial charge on any atom is 0.326 e. The second-order valence-electron chi connectivity index (χ2n) is 3.89. The number of nitrogens with one attached hydrogen (secondary N) is 1. The summed E-state index contributed by atoms with van der Waals surface area (Å²) in [6, 6.07) is 1.92. The van der Waals surface area contributed by atoms with E-state index >= 15 is 0 Å². The average molecular weight is 267 g/mol. The number of ether oxygens (including phenoxy) is 1. The predicted molar refractivity (Wildman–Crippen MR) is 69.1 cm³/mol. The van der Waals surface area contributed by atoms with Crippen molar-refractivity contribution in [3.05, 3.63) is 24.5 Å². The number of carbonyl (C=O) groups excluding carboxylic acids is 1. The molecule has 2 amide bonds. The fourth-order valence-corrected chi connectivity index (χ4v) is 1.41. The van der Waals surface area contributed by atoms with Gasteiger partial charge in [-0.25, -0.2) is 9.59 Å². The third-order valence-electron chi connectivity index (χ3n) is 2.54. The van der Waals surface area contributed by atoms with Crippen LogP contribution in [0.2, 0.25) is 0 Å². The maximum atomic E-state index is 11.9. The van der Waals surface area contributed by atoms with Gasteiger partial charge >= 0.3 is 12.0 Å². The van der Waals surface area contributed by atoms with Crippen LogP contribution in [0.4, 0.5) is 10.5 Å². The lowest BCUT2D eigenvalue weighted by atomic mass is 10.2. The normalized spacial score (nSPS) is 11.7. The molecule has 7 heteroatoms. The minimum Gasteiger partial charge on any atom is -0.480 e. The van der Waals surface area contributed by atoms with Crippen LogP contribution in [0.3, 0.4) is 0 Å². The lowest BCUT2D eigenvalue weighted by molar-refractivity contribution is -0.139. The van der Waals surface area contributed by atoms with Crippen LogP contribution in [-0.4, -0.2) is 48.9 Å². The lowest BCUT2D eigenvalue weighted by Gasteiger charge is -2.21. The van der Waals surface area contributed by atoms with E-state index in [-0.39, 0.29) is 13.0 Å². The zero-order valence-electron chi connectivity index (χ0n) is 10.9. The Labute approximate surface area is 111 Å². The van der Waals surface area contributed by atoms with Crippen LogP contribution in [0.1, 0.15) is 6.42 Å². The Hall–Kier alpha value is -2.15. The van der Waals surface area contributed by atoms with E-state index in [0.717, 1.165) is 0 Å². The summed E-state index contributed by atoms with van der Waals surface area (Å²) in [4.78, 5) is 28.1. The number of methoxy groups -OCH3 is 1. The molecule has 1 atom stereocenters. The number of carboxylic acid groups (broad SMARTS) is 1. The molecule has 0 aliphatic rings. The number of urea groups is 1. The van der Waals surface area contributed by atoms with Crippen LogP contribution in [-0.2, 0) is 9.53 Å². The Morgan fingerprint density at radius 3 is 2.84 bits per heavy atom. The number of anilines is 1. The lowest BCUT2D eigenvalue weighted by Crippen LogP contribution is -2.47. The molecule has 19 heavy (non-hydrogen) atoms. The van der Waals surface area contributed by atoms with Crippen molar-refractivity contribution >= 4 is 17.7 Å². The second-order valence-corrected chi connectivity index (χ2v) is 3.89. The van der Waals surface area contributed by atoms with Crippen molar-refractivity contribution in [1.29, 1.82) is 0 Å². The number of aliphatic carboxylic acids is 1. The Balaban J connectivity index is 2.64. The van der Waals surface area contributed by atoms with Crippen LogP contribution in [0.25, 0.3) is 0 Å². The third kappa shape index (κ3) is 4.55. The summed E-state index contributed by atoms with van der Waals surface area (Å²) < 4.78 is 4.81. The van der Waals surface area contributed by atoms with Gasteiger partial charge in [-0.05, 0) is 12.1 Å².